The molecule has 1 aromatic carbocycles. The number of hydrogen-bond donors (Lipinski definition) is 1. The second-order valence-corrected chi connectivity index (χ2v) is 3.66. The molecule has 0 radical (unpaired) electrons. The standard InChI is InChI=1S/C13H20N2O2/c1-3-15(4-2)9-10-17-13-7-5-12(6-8-13)14-11-16/h5-8,11H,3-4,9-10H2,1-2H3,(H,14,16). The van der Waals surface area contributed by atoms with Gasteiger partial charge in [0, 0.05) is 12.2 Å². The van der Waals surface area contributed by atoms with Crippen LogP contribution in [0.15, 0.2) is 24.3 Å². The number of nitrogens with zero attached hydrogens (tertiary/aromatic N) is 1. The van der Waals surface area contributed by atoms with Gasteiger partial charge in [0.25, 0.3) is 0 Å². The van der Waals surface area contributed by atoms with Crippen LogP contribution >= 0.6 is 0 Å². The predicted octanol–water partition coefficient (Wildman–Crippen LogP) is 1.98. The lowest BCUT2D eigenvalue weighted by Gasteiger charge is -2.18. The first kappa shape index (κ1) is 13.5. The predicted molar refractivity (Wildman–Crippen MR) is 69.4 cm³/mol. The Balaban J connectivity index is 2.34. The van der Waals surface area contributed by atoms with E-state index in [9.17, 15) is 4.79 Å². The van der Waals surface area contributed by atoms with Gasteiger partial charge in [0.1, 0.15) is 12.4 Å². The van der Waals surface area contributed by atoms with E-state index in [2.05, 4.69) is 24.1 Å². The summed E-state index contributed by atoms with van der Waals surface area (Å²) in [6.07, 6.45) is 0.663. The molecule has 0 aliphatic carbocycles. The third kappa shape index (κ3) is 4.87. The van der Waals surface area contributed by atoms with Crippen molar-refractivity contribution < 1.29 is 9.53 Å². The number of anilines is 1. The maximum Gasteiger partial charge on any atom is 0.211 e. The molecule has 0 unspecified atom stereocenters. The first-order valence-electron chi connectivity index (χ1n) is 5.95. The van der Waals surface area contributed by atoms with E-state index in [1.165, 1.54) is 0 Å². The molecule has 1 amide bonds. The Kier molecular flexibility index (Phi) is 6.10. The summed E-state index contributed by atoms with van der Waals surface area (Å²) in [4.78, 5) is 12.5. The largest absolute Gasteiger partial charge is 0.492 e. The highest BCUT2D eigenvalue weighted by Gasteiger charge is 1.99. The van der Waals surface area contributed by atoms with E-state index in [0.717, 1.165) is 31.1 Å². The van der Waals surface area contributed by atoms with Crippen LogP contribution in [0.4, 0.5) is 5.69 Å². The SMILES string of the molecule is CCN(CC)CCOc1ccc(NC=O)cc1. The molecule has 1 N–H and O–H groups in total. The lowest BCUT2D eigenvalue weighted by molar-refractivity contribution is -0.105. The molecule has 0 aliphatic rings. The molecule has 4 heteroatoms. The van der Waals surface area contributed by atoms with Crippen molar-refractivity contribution in [2.45, 2.75) is 13.8 Å². The highest BCUT2D eigenvalue weighted by Crippen LogP contribution is 2.14. The van der Waals surface area contributed by atoms with E-state index >= 15 is 0 Å². The fourth-order valence-corrected chi connectivity index (χ4v) is 1.55. The highest BCUT2D eigenvalue weighted by atomic mass is 16.5. The summed E-state index contributed by atoms with van der Waals surface area (Å²) in [6.45, 7) is 7.99. The van der Waals surface area contributed by atoms with E-state index in [0.29, 0.717) is 13.0 Å². The third-order valence-electron chi connectivity index (χ3n) is 2.65. The Hall–Kier alpha value is -1.55. The fourth-order valence-electron chi connectivity index (χ4n) is 1.55. The molecule has 0 spiro atoms. The van der Waals surface area contributed by atoms with E-state index in [1.807, 2.05) is 24.3 Å². The van der Waals surface area contributed by atoms with E-state index < -0.39 is 0 Å². The summed E-state index contributed by atoms with van der Waals surface area (Å²) in [6, 6.07) is 7.35. The summed E-state index contributed by atoms with van der Waals surface area (Å²) in [5.74, 6) is 0.827. The number of ether oxygens (including phenoxy) is 1. The molecule has 17 heavy (non-hydrogen) atoms. The summed E-state index contributed by atoms with van der Waals surface area (Å²) < 4.78 is 5.62. The van der Waals surface area contributed by atoms with Crippen molar-refractivity contribution in [3.63, 3.8) is 0 Å². The molecule has 0 saturated carbocycles. The molecular formula is C13H20N2O2. The minimum atomic E-state index is 0.663. The van der Waals surface area contributed by atoms with Crippen molar-refractivity contribution in [1.29, 1.82) is 0 Å². The second kappa shape index (κ2) is 7.68. The lowest BCUT2D eigenvalue weighted by atomic mass is 10.3. The Labute approximate surface area is 103 Å². The molecule has 94 valence electrons. The van der Waals surface area contributed by atoms with Gasteiger partial charge in [-0.15, -0.1) is 0 Å². The van der Waals surface area contributed by atoms with Crippen LogP contribution < -0.4 is 10.1 Å². The van der Waals surface area contributed by atoms with Crippen LogP contribution in [0.1, 0.15) is 13.8 Å². The Morgan fingerprint density at radius 2 is 1.88 bits per heavy atom. The quantitative estimate of drug-likeness (QED) is 0.702. The van der Waals surface area contributed by atoms with Crippen molar-refractivity contribution in [1.82, 2.24) is 4.90 Å². The number of rotatable bonds is 8. The Morgan fingerprint density at radius 1 is 1.24 bits per heavy atom. The normalized spacial score (nSPS) is 10.3. The van der Waals surface area contributed by atoms with Crippen LogP contribution in [-0.2, 0) is 4.79 Å². The summed E-state index contributed by atoms with van der Waals surface area (Å²) in [7, 11) is 0. The summed E-state index contributed by atoms with van der Waals surface area (Å²) in [5, 5.41) is 2.58. The zero-order valence-corrected chi connectivity index (χ0v) is 10.5. The van der Waals surface area contributed by atoms with Gasteiger partial charge in [0.05, 0.1) is 0 Å². The average molecular weight is 236 g/mol. The molecule has 0 saturated heterocycles. The topological polar surface area (TPSA) is 41.6 Å². The Bertz CT molecular complexity index is 321. The van der Waals surface area contributed by atoms with E-state index in [4.69, 9.17) is 4.74 Å². The zero-order valence-electron chi connectivity index (χ0n) is 10.5. The smallest absolute Gasteiger partial charge is 0.211 e. The van der Waals surface area contributed by atoms with E-state index in [-0.39, 0.29) is 0 Å². The number of carbonyl (C=O) groups is 1. The van der Waals surface area contributed by atoms with Crippen molar-refractivity contribution >= 4 is 12.1 Å². The molecule has 0 atom stereocenters. The van der Waals surface area contributed by atoms with E-state index in [1.54, 1.807) is 0 Å². The first-order chi connectivity index (χ1) is 8.30. The van der Waals surface area contributed by atoms with Gasteiger partial charge < -0.3 is 15.0 Å². The minimum Gasteiger partial charge on any atom is -0.492 e. The van der Waals surface area contributed by atoms with Crippen molar-refractivity contribution in [2.24, 2.45) is 0 Å². The van der Waals surface area contributed by atoms with Crippen LogP contribution in [0, 0.1) is 0 Å². The van der Waals surface area contributed by atoms with Gasteiger partial charge in [-0.05, 0) is 37.4 Å². The second-order valence-electron chi connectivity index (χ2n) is 3.66. The lowest BCUT2D eigenvalue weighted by Crippen LogP contribution is -2.27. The molecule has 0 aromatic heterocycles. The van der Waals surface area contributed by atoms with Gasteiger partial charge in [0.15, 0.2) is 0 Å². The van der Waals surface area contributed by atoms with Crippen molar-refractivity contribution in [3.8, 4) is 5.75 Å². The highest BCUT2D eigenvalue weighted by molar-refractivity contribution is 5.71. The third-order valence-corrected chi connectivity index (χ3v) is 2.65. The first-order valence-corrected chi connectivity index (χ1v) is 5.95. The number of likely N-dealkylation sites (N-methyl/N-ethyl adjacent to an activating group) is 1. The van der Waals surface area contributed by atoms with Crippen LogP contribution in [0.5, 0.6) is 5.75 Å². The van der Waals surface area contributed by atoms with Crippen LogP contribution in [-0.4, -0.2) is 37.6 Å². The van der Waals surface area contributed by atoms with Crippen molar-refractivity contribution in [2.75, 3.05) is 31.6 Å². The van der Waals surface area contributed by atoms with Gasteiger partial charge in [-0.25, -0.2) is 0 Å². The number of amides is 1. The maximum absolute atomic E-state index is 10.2. The molecule has 1 rings (SSSR count). The number of benzene rings is 1. The van der Waals surface area contributed by atoms with Gasteiger partial charge in [-0.2, -0.15) is 0 Å². The summed E-state index contributed by atoms with van der Waals surface area (Å²) >= 11 is 0. The molecule has 0 heterocycles. The van der Waals surface area contributed by atoms with Crippen LogP contribution in [0.3, 0.4) is 0 Å². The summed E-state index contributed by atoms with van der Waals surface area (Å²) in [5.41, 5.74) is 0.774. The zero-order chi connectivity index (χ0) is 12.5. The number of carbonyl (C=O) groups excluding carboxylic acids is 1. The van der Waals surface area contributed by atoms with Crippen molar-refractivity contribution in [3.05, 3.63) is 24.3 Å². The maximum atomic E-state index is 10.2. The van der Waals surface area contributed by atoms with Gasteiger partial charge in [-0.3, -0.25) is 4.79 Å². The van der Waals surface area contributed by atoms with Crippen LogP contribution in [0.25, 0.3) is 0 Å². The van der Waals surface area contributed by atoms with Gasteiger partial charge in [-0.1, -0.05) is 13.8 Å². The molecule has 0 aliphatic heterocycles. The molecule has 0 bridgehead atoms. The fraction of sp³-hybridized carbons (Fsp3) is 0.462. The van der Waals surface area contributed by atoms with Crippen LogP contribution in [0.2, 0.25) is 0 Å². The average Bonchev–Trinajstić information content (AvgIpc) is 2.37. The molecule has 0 fully saturated rings. The molecule has 1 aromatic rings. The number of nitrogens with one attached hydrogen (secondary N) is 1. The minimum absolute atomic E-state index is 0.663. The van der Waals surface area contributed by atoms with Gasteiger partial charge >= 0.3 is 0 Å². The Morgan fingerprint density at radius 3 is 2.41 bits per heavy atom. The number of hydrogen-bond acceptors (Lipinski definition) is 3. The monoisotopic (exact) mass is 236 g/mol. The molecule has 4 nitrogen and oxygen atoms in total. The van der Waals surface area contributed by atoms with Gasteiger partial charge in [0.2, 0.25) is 6.41 Å². The molecular weight excluding hydrogens is 216 g/mol.